The number of rotatable bonds is 4. The zero-order valence-corrected chi connectivity index (χ0v) is 9.44. The van der Waals surface area contributed by atoms with Gasteiger partial charge < -0.3 is 9.26 Å². The van der Waals surface area contributed by atoms with E-state index in [1.54, 1.807) is 6.92 Å². The molecule has 1 saturated carbocycles. The van der Waals surface area contributed by atoms with Crippen LogP contribution in [-0.4, -0.2) is 22.7 Å². The van der Waals surface area contributed by atoms with Gasteiger partial charge in [-0.15, -0.1) is 0 Å². The van der Waals surface area contributed by atoms with E-state index in [0.717, 1.165) is 18.7 Å². The van der Waals surface area contributed by atoms with Crippen molar-refractivity contribution in [1.29, 1.82) is 0 Å². The van der Waals surface area contributed by atoms with Gasteiger partial charge in [-0.1, -0.05) is 18.0 Å². The molecule has 1 aliphatic carbocycles. The van der Waals surface area contributed by atoms with Crippen LogP contribution in [0.4, 0.5) is 0 Å². The van der Waals surface area contributed by atoms with E-state index in [-0.39, 0.29) is 12.4 Å². The third-order valence-electron chi connectivity index (χ3n) is 2.81. The van der Waals surface area contributed by atoms with Crippen molar-refractivity contribution in [1.82, 2.24) is 10.1 Å². The number of nitrogens with zero attached hydrogens (tertiary/aromatic N) is 2. The lowest BCUT2D eigenvalue weighted by atomic mass is 10.1. The van der Waals surface area contributed by atoms with Crippen molar-refractivity contribution >= 4 is 5.97 Å². The third-order valence-corrected chi connectivity index (χ3v) is 2.81. The topological polar surface area (TPSA) is 65.2 Å². The number of carbonyl (C=O) groups is 1. The highest BCUT2D eigenvalue weighted by Gasteiger charge is 2.22. The van der Waals surface area contributed by atoms with Crippen LogP contribution in [0.3, 0.4) is 0 Å². The molecule has 0 N–H and O–H groups in total. The second kappa shape index (κ2) is 5.09. The van der Waals surface area contributed by atoms with E-state index >= 15 is 0 Å². The first-order valence-electron chi connectivity index (χ1n) is 5.77. The van der Waals surface area contributed by atoms with Crippen LogP contribution < -0.4 is 0 Å². The van der Waals surface area contributed by atoms with Crippen LogP contribution in [0, 0.1) is 0 Å². The maximum absolute atomic E-state index is 11.2. The van der Waals surface area contributed by atoms with Gasteiger partial charge in [-0.3, -0.25) is 4.79 Å². The SMILES string of the molecule is CCOC(=O)Cc1nc(C2CCCC2)no1. The standard InChI is InChI=1S/C11H16N2O3/c1-2-15-10(14)7-9-12-11(13-16-9)8-5-3-4-6-8/h8H,2-7H2,1H3. The van der Waals surface area contributed by atoms with Gasteiger partial charge in [-0.2, -0.15) is 4.98 Å². The maximum Gasteiger partial charge on any atom is 0.315 e. The number of aromatic nitrogens is 2. The third kappa shape index (κ3) is 2.59. The van der Waals surface area contributed by atoms with Crippen LogP contribution in [0.15, 0.2) is 4.52 Å². The van der Waals surface area contributed by atoms with E-state index in [1.165, 1.54) is 12.8 Å². The molecule has 0 unspecified atom stereocenters. The summed E-state index contributed by atoms with van der Waals surface area (Å²) in [6, 6.07) is 0. The van der Waals surface area contributed by atoms with Crippen molar-refractivity contribution < 1.29 is 14.1 Å². The molecule has 1 aliphatic rings. The first kappa shape index (κ1) is 11.1. The first-order chi connectivity index (χ1) is 7.79. The Morgan fingerprint density at radius 2 is 2.25 bits per heavy atom. The highest BCUT2D eigenvalue weighted by Crippen LogP contribution is 2.32. The molecule has 0 aromatic carbocycles. The number of ether oxygens (including phenoxy) is 1. The van der Waals surface area contributed by atoms with Crippen LogP contribution in [-0.2, 0) is 16.0 Å². The maximum atomic E-state index is 11.2. The van der Waals surface area contributed by atoms with Gasteiger partial charge in [0.2, 0.25) is 5.89 Å². The molecular formula is C11H16N2O3. The average molecular weight is 224 g/mol. The van der Waals surface area contributed by atoms with E-state index in [4.69, 9.17) is 9.26 Å². The molecule has 88 valence electrons. The lowest BCUT2D eigenvalue weighted by molar-refractivity contribution is -0.142. The average Bonchev–Trinajstić information content (AvgIpc) is 2.86. The highest BCUT2D eigenvalue weighted by atomic mass is 16.5. The van der Waals surface area contributed by atoms with Gasteiger partial charge >= 0.3 is 5.97 Å². The summed E-state index contributed by atoms with van der Waals surface area (Å²) in [5.41, 5.74) is 0. The van der Waals surface area contributed by atoms with Gasteiger partial charge in [-0.25, -0.2) is 0 Å². The van der Waals surface area contributed by atoms with Crippen molar-refractivity contribution in [3.8, 4) is 0 Å². The van der Waals surface area contributed by atoms with Gasteiger partial charge in [0.25, 0.3) is 0 Å². The van der Waals surface area contributed by atoms with Gasteiger partial charge in [-0.05, 0) is 19.8 Å². The first-order valence-corrected chi connectivity index (χ1v) is 5.77. The van der Waals surface area contributed by atoms with E-state index < -0.39 is 0 Å². The summed E-state index contributed by atoms with van der Waals surface area (Å²) in [4.78, 5) is 15.4. The Hall–Kier alpha value is -1.39. The van der Waals surface area contributed by atoms with Crippen LogP contribution in [0.1, 0.15) is 50.2 Å². The van der Waals surface area contributed by atoms with Crippen molar-refractivity contribution in [2.75, 3.05) is 6.61 Å². The molecule has 0 radical (unpaired) electrons. The van der Waals surface area contributed by atoms with E-state index in [2.05, 4.69) is 10.1 Å². The summed E-state index contributed by atoms with van der Waals surface area (Å²) in [5.74, 6) is 1.21. The number of carbonyl (C=O) groups excluding carboxylic acids is 1. The molecule has 0 spiro atoms. The Bertz CT molecular complexity index is 356. The molecule has 0 atom stereocenters. The van der Waals surface area contributed by atoms with Gasteiger partial charge in [0.05, 0.1) is 6.61 Å². The molecule has 0 saturated heterocycles. The number of esters is 1. The lowest BCUT2D eigenvalue weighted by Gasteiger charge is -1.99. The molecule has 1 heterocycles. The van der Waals surface area contributed by atoms with Crippen LogP contribution in [0.25, 0.3) is 0 Å². The van der Waals surface area contributed by atoms with Gasteiger partial charge in [0, 0.05) is 5.92 Å². The lowest BCUT2D eigenvalue weighted by Crippen LogP contribution is -2.07. The Kier molecular flexibility index (Phi) is 3.54. The van der Waals surface area contributed by atoms with Crippen molar-refractivity contribution in [2.24, 2.45) is 0 Å². The predicted octanol–water partition coefficient (Wildman–Crippen LogP) is 1.83. The largest absolute Gasteiger partial charge is 0.466 e. The summed E-state index contributed by atoms with van der Waals surface area (Å²) in [6.45, 7) is 2.15. The Labute approximate surface area is 94.2 Å². The monoisotopic (exact) mass is 224 g/mol. The van der Waals surface area contributed by atoms with Crippen molar-refractivity contribution in [3.63, 3.8) is 0 Å². The number of hydrogen-bond acceptors (Lipinski definition) is 5. The zero-order chi connectivity index (χ0) is 11.4. The smallest absolute Gasteiger partial charge is 0.315 e. The molecule has 16 heavy (non-hydrogen) atoms. The second-order valence-corrected chi connectivity index (χ2v) is 4.01. The molecule has 0 aliphatic heterocycles. The Balaban J connectivity index is 1.93. The van der Waals surface area contributed by atoms with E-state index in [0.29, 0.717) is 18.4 Å². The molecule has 1 fully saturated rings. The fourth-order valence-corrected chi connectivity index (χ4v) is 2.03. The van der Waals surface area contributed by atoms with Crippen molar-refractivity contribution in [2.45, 2.75) is 44.9 Å². The molecule has 5 heteroatoms. The molecule has 1 aromatic rings. The minimum absolute atomic E-state index is 0.0769. The fraction of sp³-hybridized carbons (Fsp3) is 0.727. The minimum Gasteiger partial charge on any atom is -0.466 e. The summed E-state index contributed by atoms with van der Waals surface area (Å²) >= 11 is 0. The molecular weight excluding hydrogens is 208 g/mol. The molecule has 0 bridgehead atoms. The van der Waals surface area contributed by atoms with Gasteiger partial charge in [0.1, 0.15) is 6.42 Å². The normalized spacial score (nSPS) is 16.6. The van der Waals surface area contributed by atoms with Crippen LogP contribution in [0.5, 0.6) is 0 Å². The summed E-state index contributed by atoms with van der Waals surface area (Å²) < 4.78 is 9.85. The zero-order valence-electron chi connectivity index (χ0n) is 9.44. The summed E-state index contributed by atoms with van der Waals surface area (Å²) in [5, 5.41) is 3.92. The van der Waals surface area contributed by atoms with E-state index in [9.17, 15) is 4.79 Å². The minimum atomic E-state index is -0.316. The highest BCUT2D eigenvalue weighted by molar-refractivity contribution is 5.71. The van der Waals surface area contributed by atoms with Crippen molar-refractivity contribution in [3.05, 3.63) is 11.7 Å². The summed E-state index contributed by atoms with van der Waals surface area (Å²) in [6.07, 6.45) is 4.78. The molecule has 5 nitrogen and oxygen atoms in total. The predicted molar refractivity (Wildman–Crippen MR) is 55.8 cm³/mol. The van der Waals surface area contributed by atoms with E-state index in [1.807, 2.05) is 0 Å². The van der Waals surface area contributed by atoms with Gasteiger partial charge in [0.15, 0.2) is 5.82 Å². The number of hydrogen-bond donors (Lipinski definition) is 0. The fourth-order valence-electron chi connectivity index (χ4n) is 2.03. The Morgan fingerprint density at radius 3 is 2.94 bits per heavy atom. The molecule has 0 amide bonds. The molecule has 1 aromatic heterocycles. The molecule has 2 rings (SSSR count). The van der Waals surface area contributed by atoms with Crippen LogP contribution in [0.2, 0.25) is 0 Å². The quantitative estimate of drug-likeness (QED) is 0.730. The summed E-state index contributed by atoms with van der Waals surface area (Å²) in [7, 11) is 0. The van der Waals surface area contributed by atoms with Crippen LogP contribution >= 0.6 is 0 Å². The second-order valence-electron chi connectivity index (χ2n) is 4.01. The Morgan fingerprint density at radius 1 is 1.50 bits per heavy atom.